The van der Waals surface area contributed by atoms with Crippen LogP contribution < -0.4 is 19.5 Å². The van der Waals surface area contributed by atoms with Crippen molar-refractivity contribution in [3.8, 4) is 11.5 Å². The van der Waals surface area contributed by atoms with E-state index in [2.05, 4.69) is 10.0 Å². The average Bonchev–Trinajstić information content (AvgIpc) is 2.77. The monoisotopic (exact) mass is 460 g/mol. The quantitative estimate of drug-likeness (QED) is 0.528. The molecule has 0 aromatic heterocycles. The van der Waals surface area contributed by atoms with E-state index < -0.39 is 15.9 Å². The molecule has 0 fully saturated rings. The first kappa shape index (κ1) is 22.5. The second-order valence-corrected chi connectivity index (χ2v) is 8.58. The lowest BCUT2D eigenvalue weighted by Crippen LogP contribution is -2.25. The number of methoxy groups -OCH3 is 2. The summed E-state index contributed by atoms with van der Waals surface area (Å²) in [6.45, 7) is 0.164. The Morgan fingerprint density at radius 1 is 0.968 bits per heavy atom. The summed E-state index contributed by atoms with van der Waals surface area (Å²) in [7, 11) is -0.814. The summed E-state index contributed by atoms with van der Waals surface area (Å²) < 4.78 is 38.4. The second-order valence-electron chi connectivity index (χ2n) is 6.47. The van der Waals surface area contributed by atoms with Crippen molar-refractivity contribution < 1.29 is 22.7 Å². The molecule has 0 unspecified atom stereocenters. The van der Waals surface area contributed by atoms with Gasteiger partial charge in [-0.2, -0.15) is 0 Å². The number of amides is 1. The van der Waals surface area contributed by atoms with Crippen LogP contribution in [0.15, 0.2) is 71.6 Å². The van der Waals surface area contributed by atoms with Gasteiger partial charge in [-0.1, -0.05) is 23.7 Å². The van der Waals surface area contributed by atoms with Crippen molar-refractivity contribution in [3.63, 3.8) is 0 Å². The highest BCUT2D eigenvalue weighted by molar-refractivity contribution is 7.92. The molecule has 1 amide bonds. The molecule has 2 N–H and O–H groups in total. The Morgan fingerprint density at radius 3 is 2.35 bits per heavy atom. The van der Waals surface area contributed by atoms with E-state index in [1.165, 1.54) is 43.5 Å². The first-order valence-corrected chi connectivity index (χ1v) is 11.1. The van der Waals surface area contributed by atoms with Gasteiger partial charge in [-0.3, -0.25) is 9.52 Å². The molecule has 0 radical (unpaired) electrons. The minimum atomic E-state index is -3.90. The Morgan fingerprint density at radius 2 is 1.68 bits per heavy atom. The third-order valence-electron chi connectivity index (χ3n) is 4.47. The van der Waals surface area contributed by atoms with E-state index in [-0.39, 0.29) is 22.7 Å². The number of halogens is 1. The lowest BCUT2D eigenvalue weighted by atomic mass is 10.1. The van der Waals surface area contributed by atoms with Gasteiger partial charge in [0.15, 0.2) is 0 Å². The molecule has 9 heteroatoms. The highest BCUT2D eigenvalue weighted by Crippen LogP contribution is 2.25. The molecule has 0 spiro atoms. The maximum Gasteiger partial charge on any atom is 0.261 e. The molecule has 162 valence electrons. The van der Waals surface area contributed by atoms with Crippen LogP contribution >= 0.6 is 11.6 Å². The van der Waals surface area contributed by atoms with Gasteiger partial charge in [0.1, 0.15) is 11.5 Å². The maximum atomic E-state index is 12.8. The number of benzene rings is 3. The predicted molar refractivity (Wildman–Crippen MR) is 119 cm³/mol. The number of hydrogen-bond acceptors (Lipinski definition) is 5. The highest BCUT2D eigenvalue weighted by atomic mass is 35.5. The van der Waals surface area contributed by atoms with Crippen LogP contribution in [0.2, 0.25) is 5.02 Å². The molecule has 31 heavy (non-hydrogen) atoms. The summed E-state index contributed by atoms with van der Waals surface area (Å²) in [5, 5.41) is 3.21. The number of nitrogens with one attached hydrogen (secondary N) is 2. The van der Waals surface area contributed by atoms with Gasteiger partial charge in [0.05, 0.1) is 30.4 Å². The molecule has 0 bridgehead atoms. The van der Waals surface area contributed by atoms with Gasteiger partial charge in [0, 0.05) is 17.1 Å². The fraction of sp³-hybridized carbons (Fsp3) is 0.136. The Labute approximate surface area is 186 Å². The number of rotatable bonds is 8. The zero-order chi connectivity index (χ0) is 22.4. The number of hydrogen-bond donors (Lipinski definition) is 2. The first-order chi connectivity index (χ1) is 14.8. The molecule has 7 nitrogen and oxygen atoms in total. The van der Waals surface area contributed by atoms with Crippen LogP contribution in [0.25, 0.3) is 0 Å². The predicted octanol–water partition coefficient (Wildman–Crippen LogP) is 4.09. The molecular formula is C22H21ClN2O5S. The molecule has 3 rings (SSSR count). The van der Waals surface area contributed by atoms with Crippen molar-refractivity contribution in [1.82, 2.24) is 5.32 Å². The second kappa shape index (κ2) is 9.72. The summed E-state index contributed by atoms with van der Waals surface area (Å²) >= 11 is 5.83. The SMILES string of the molecule is COc1ccc(OC)c(CNC(=O)c2ccccc2NS(=O)(=O)c2ccc(Cl)cc2)c1. The summed E-state index contributed by atoms with van der Waals surface area (Å²) in [5.41, 5.74) is 1.06. The Kier molecular flexibility index (Phi) is 7.04. The van der Waals surface area contributed by atoms with E-state index in [1.54, 1.807) is 37.4 Å². The van der Waals surface area contributed by atoms with E-state index in [0.29, 0.717) is 16.5 Å². The molecule has 0 atom stereocenters. The molecule has 3 aromatic carbocycles. The fourth-order valence-electron chi connectivity index (χ4n) is 2.88. The van der Waals surface area contributed by atoms with Crippen LogP contribution in [-0.4, -0.2) is 28.5 Å². The zero-order valence-electron chi connectivity index (χ0n) is 16.9. The maximum absolute atomic E-state index is 12.8. The van der Waals surface area contributed by atoms with Gasteiger partial charge >= 0.3 is 0 Å². The normalized spacial score (nSPS) is 10.9. The van der Waals surface area contributed by atoms with E-state index in [0.717, 1.165) is 5.56 Å². The molecule has 0 aliphatic rings. The molecule has 0 saturated heterocycles. The summed E-state index contributed by atoms with van der Waals surface area (Å²) in [5.74, 6) is 0.776. The van der Waals surface area contributed by atoms with Crippen molar-refractivity contribution in [1.29, 1.82) is 0 Å². The minimum absolute atomic E-state index is 0.0354. The number of carbonyl (C=O) groups excluding carboxylic acids is 1. The Balaban J connectivity index is 1.80. The van der Waals surface area contributed by atoms with Gasteiger partial charge in [0.25, 0.3) is 15.9 Å². The van der Waals surface area contributed by atoms with E-state index in [1.807, 2.05) is 0 Å². The van der Waals surface area contributed by atoms with Gasteiger partial charge in [-0.05, 0) is 54.6 Å². The molecule has 3 aromatic rings. The van der Waals surface area contributed by atoms with Crippen molar-refractivity contribution in [2.24, 2.45) is 0 Å². The van der Waals surface area contributed by atoms with Crippen LogP contribution in [0.5, 0.6) is 11.5 Å². The lowest BCUT2D eigenvalue weighted by Gasteiger charge is -2.14. The van der Waals surface area contributed by atoms with Crippen molar-refractivity contribution in [2.45, 2.75) is 11.4 Å². The van der Waals surface area contributed by atoms with Crippen LogP contribution in [0, 0.1) is 0 Å². The van der Waals surface area contributed by atoms with Crippen LogP contribution in [0.4, 0.5) is 5.69 Å². The summed E-state index contributed by atoms with van der Waals surface area (Å²) in [6.07, 6.45) is 0. The van der Waals surface area contributed by atoms with Crippen LogP contribution in [-0.2, 0) is 16.6 Å². The molecule has 0 aliphatic carbocycles. The number of para-hydroxylation sites is 1. The van der Waals surface area contributed by atoms with E-state index in [4.69, 9.17) is 21.1 Å². The molecule has 0 heterocycles. The summed E-state index contributed by atoms with van der Waals surface area (Å²) in [4.78, 5) is 12.9. The topological polar surface area (TPSA) is 93.7 Å². The van der Waals surface area contributed by atoms with E-state index >= 15 is 0 Å². The number of anilines is 1. The Bertz CT molecular complexity index is 1180. The third-order valence-corrected chi connectivity index (χ3v) is 6.10. The van der Waals surface area contributed by atoms with E-state index in [9.17, 15) is 13.2 Å². The van der Waals surface area contributed by atoms with Crippen molar-refractivity contribution >= 4 is 33.2 Å². The fourth-order valence-corrected chi connectivity index (χ4v) is 4.08. The van der Waals surface area contributed by atoms with Gasteiger partial charge in [-0.15, -0.1) is 0 Å². The molecule has 0 saturated carbocycles. The molecular weight excluding hydrogens is 440 g/mol. The number of carbonyl (C=O) groups is 1. The highest BCUT2D eigenvalue weighted by Gasteiger charge is 2.19. The zero-order valence-corrected chi connectivity index (χ0v) is 18.5. The third kappa shape index (κ3) is 5.48. The van der Waals surface area contributed by atoms with Gasteiger partial charge < -0.3 is 14.8 Å². The van der Waals surface area contributed by atoms with Gasteiger partial charge in [-0.25, -0.2) is 8.42 Å². The average molecular weight is 461 g/mol. The van der Waals surface area contributed by atoms with Crippen molar-refractivity contribution in [3.05, 3.63) is 82.9 Å². The number of sulfonamides is 1. The first-order valence-electron chi connectivity index (χ1n) is 9.20. The lowest BCUT2D eigenvalue weighted by molar-refractivity contribution is 0.0951. The van der Waals surface area contributed by atoms with Crippen LogP contribution in [0.1, 0.15) is 15.9 Å². The summed E-state index contributed by atoms with van der Waals surface area (Å²) in [6, 6.07) is 17.4. The van der Waals surface area contributed by atoms with Crippen LogP contribution in [0.3, 0.4) is 0 Å². The number of ether oxygens (including phenoxy) is 2. The Hall–Kier alpha value is -3.23. The standard InChI is InChI=1S/C22H21ClN2O5S/c1-29-17-9-12-21(30-2)15(13-17)14-24-22(26)19-5-3-4-6-20(19)25-31(27,28)18-10-7-16(23)8-11-18/h3-13,25H,14H2,1-2H3,(H,24,26). The van der Waals surface area contributed by atoms with Gasteiger partial charge in [0.2, 0.25) is 0 Å². The smallest absolute Gasteiger partial charge is 0.261 e. The van der Waals surface area contributed by atoms with Crippen molar-refractivity contribution in [2.75, 3.05) is 18.9 Å². The molecule has 0 aliphatic heterocycles. The largest absolute Gasteiger partial charge is 0.497 e. The minimum Gasteiger partial charge on any atom is -0.497 e.